The summed E-state index contributed by atoms with van der Waals surface area (Å²) in [6, 6.07) is 15.9. The standard InChI is InChI=1S/C20H23NO5S/c1-27(23,24)26-18-11-9-16(10-12-18)14-21(15-19-8-5-13-25-19)20(22)17-6-3-2-4-7-17/h2-4,6-7,9-12,19H,5,8,13-15H2,1H3/t19-/m0/s1. The molecule has 1 amide bonds. The van der Waals surface area contributed by atoms with E-state index in [4.69, 9.17) is 8.92 Å². The van der Waals surface area contributed by atoms with Crippen molar-refractivity contribution in [2.24, 2.45) is 0 Å². The molecule has 1 fully saturated rings. The highest BCUT2D eigenvalue weighted by Crippen LogP contribution is 2.19. The van der Waals surface area contributed by atoms with Gasteiger partial charge in [0.1, 0.15) is 5.75 Å². The third kappa shape index (κ3) is 5.80. The molecule has 6 nitrogen and oxygen atoms in total. The van der Waals surface area contributed by atoms with E-state index in [1.165, 1.54) is 0 Å². The Hall–Kier alpha value is -2.38. The Bertz CT molecular complexity index is 859. The van der Waals surface area contributed by atoms with E-state index >= 15 is 0 Å². The van der Waals surface area contributed by atoms with Crippen LogP contribution in [0.5, 0.6) is 5.75 Å². The van der Waals surface area contributed by atoms with Gasteiger partial charge in [-0.15, -0.1) is 0 Å². The molecule has 1 atom stereocenters. The molecule has 2 aromatic carbocycles. The predicted molar refractivity (Wildman–Crippen MR) is 102 cm³/mol. The molecule has 0 bridgehead atoms. The second-order valence-corrected chi connectivity index (χ2v) is 8.19. The predicted octanol–water partition coefficient (Wildman–Crippen LogP) is 2.85. The highest BCUT2D eigenvalue weighted by molar-refractivity contribution is 7.86. The van der Waals surface area contributed by atoms with Crippen LogP contribution in [0.15, 0.2) is 54.6 Å². The monoisotopic (exact) mass is 389 g/mol. The lowest BCUT2D eigenvalue weighted by atomic mass is 10.1. The Labute approximate surface area is 159 Å². The van der Waals surface area contributed by atoms with E-state index in [9.17, 15) is 13.2 Å². The molecule has 1 saturated heterocycles. The highest BCUT2D eigenvalue weighted by atomic mass is 32.2. The largest absolute Gasteiger partial charge is 0.383 e. The van der Waals surface area contributed by atoms with Gasteiger partial charge in [-0.25, -0.2) is 0 Å². The molecule has 1 aliphatic rings. The number of benzene rings is 2. The van der Waals surface area contributed by atoms with Crippen molar-refractivity contribution in [3.8, 4) is 5.75 Å². The minimum Gasteiger partial charge on any atom is -0.383 e. The van der Waals surface area contributed by atoms with Crippen LogP contribution in [0.4, 0.5) is 0 Å². The van der Waals surface area contributed by atoms with Gasteiger partial charge in [-0.3, -0.25) is 4.79 Å². The second kappa shape index (κ2) is 8.54. The first kappa shape index (κ1) is 19.4. The fourth-order valence-corrected chi connectivity index (χ4v) is 3.52. The molecule has 0 unspecified atom stereocenters. The summed E-state index contributed by atoms with van der Waals surface area (Å²) < 4.78 is 33.0. The lowest BCUT2D eigenvalue weighted by Gasteiger charge is -2.26. The molecule has 0 aliphatic carbocycles. The Balaban J connectivity index is 1.75. The van der Waals surface area contributed by atoms with Crippen LogP contribution in [-0.4, -0.2) is 44.7 Å². The zero-order valence-electron chi connectivity index (χ0n) is 15.2. The molecule has 0 N–H and O–H groups in total. The molecule has 1 aliphatic heterocycles. The van der Waals surface area contributed by atoms with Crippen molar-refractivity contribution < 1.29 is 22.1 Å². The normalized spacial score (nSPS) is 16.9. The summed E-state index contributed by atoms with van der Waals surface area (Å²) in [5, 5.41) is 0. The van der Waals surface area contributed by atoms with Gasteiger partial charge in [0.2, 0.25) is 0 Å². The van der Waals surface area contributed by atoms with E-state index < -0.39 is 10.1 Å². The average Bonchev–Trinajstić information content (AvgIpc) is 3.15. The van der Waals surface area contributed by atoms with Crippen molar-refractivity contribution >= 4 is 16.0 Å². The molecular formula is C20H23NO5S. The van der Waals surface area contributed by atoms with E-state index in [1.807, 2.05) is 18.2 Å². The van der Waals surface area contributed by atoms with Crippen LogP contribution in [0.25, 0.3) is 0 Å². The summed E-state index contributed by atoms with van der Waals surface area (Å²) in [6.45, 7) is 1.66. The van der Waals surface area contributed by atoms with E-state index in [1.54, 1.807) is 41.3 Å². The van der Waals surface area contributed by atoms with Crippen LogP contribution >= 0.6 is 0 Å². The molecule has 2 aromatic rings. The van der Waals surface area contributed by atoms with Gasteiger partial charge in [-0.05, 0) is 42.7 Å². The van der Waals surface area contributed by atoms with E-state index in [-0.39, 0.29) is 17.8 Å². The molecule has 27 heavy (non-hydrogen) atoms. The minimum absolute atomic E-state index is 0.0468. The Kier molecular flexibility index (Phi) is 6.13. The third-order valence-corrected chi connectivity index (χ3v) is 4.80. The number of carbonyl (C=O) groups is 1. The number of rotatable bonds is 7. The lowest BCUT2D eigenvalue weighted by Crippen LogP contribution is -2.36. The molecule has 1 heterocycles. The first-order valence-electron chi connectivity index (χ1n) is 8.85. The van der Waals surface area contributed by atoms with Gasteiger partial charge in [0.05, 0.1) is 12.4 Å². The van der Waals surface area contributed by atoms with E-state index in [0.717, 1.165) is 31.3 Å². The fraction of sp³-hybridized carbons (Fsp3) is 0.350. The zero-order chi connectivity index (χ0) is 19.3. The summed E-state index contributed by atoms with van der Waals surface area (Å²) in [7, 11) is -3.56. The van der Waals surface area contributed by atoms with E-state index in [0.29, 0.717) is 18.7 Å². The van der Waals surface area contributed by atoms with Crippen LogP contribution in [0, 0.1) is 0 Å². The molecule has 0 saturated carbocycles. The number of hydrogen-bond donors (Lipinski definition) is 0. The molecule has 0 radical (unpaired) electrons. The molecule has 144 valence electrons. The summed E-state index contributed by atoms with van der Waals surface area (Å²) >= 11 is 0. The van der Waals surface area contributed by atoms with Gasteiger partial charge >= 0.3 is 10.1 Å². The second-order valence-electron chi connectivity index (χ2n) is 6.62. The first-order chi connectivity index (χ1) is 12.9. The van der Waals surface area contributed by atoms with Crippen molar-refractivity contribution in [1.29, 1.82) is 0 Å². The topological polar surface area (TPSA) is 72.9 Å². The maximum Gasteiger partial charge on any atom is 0.306 e. The van der Waals surface area contributed by atoms with Crippen molar-refractivity contribution in [1.82, 2.24) is 4.90 Å². The number of amides is 1. The molecular weight excluding hydrogens is 366 g/mol. The van der Waals surface area contributed by atoms with Gasteiger partial charge < -0.3 is 13.8 Å². The van der Waals surface area contributed by atoms with Gasteiger partial charge in [-0.1, -0.05) is 30.3 Å². The Morgan fingerprint density at radius 2 is 1.85 bits per heavy atom. The van der Waals surface area contributed by atoms with E-state index in [2.05, 4.69) is 0 Å². The molecule has 0 spiro atoms. The van der Waals surface area contributed by atoms with Gasteiger partial charge in [0, 0.05) is 25.3 Å². The highest BCUT2D eigenvalue weighted by Gasteiger charge is 2.23. The average molecular weight is 389 g/mol. The van der Waals surface area contributed by atoms with Crippen molar-refractivity contribution in [3.05, 3.63) is 65.7 Å². The summed E-state index contributed by atoms with van der Waals surface area (Å²) in [6.07, 6.45) is 3.00. The summed E-state index contributed by atoms with van der Waals surface area (Å²) in [5.74, 6) is 0.198. The summed E-state index contributed by atoms with van der Waals surface area (Å²) in [5.41, 5.74) is 1.52. The number of nitrogens with zero attached hydrogens (tertiary/aromatic N) is 1. The number of ether oxygens (including phenoxy) is 1. The Morgan fingerprint density at radius 3 is 2.44 bits per heavy atom. The molecule has 0 aromatic heterocycles. The van der Waals surface area contributed by atoms with Gasteiger partial charge in [0.25, 0.3) is 5.91 Å². The third-order valence-electron chi connectivity index (χ3n) is 4.30. The Morgan fingerprint density at radius 1 is 1.15 bits per heavy atom. The van der Waals surface area contributed by atoms with Crippen LogP contribution in [0.3, 0.4) is 0 Å². The molecule has 7 heteroatoms. The van der Waals surface area contributed by atoms with Crippen LogP contribution in [0.1, 0.15) is 28.8 Å². The maximum absolute atomic E-state index is 13.0. The quantitative estimate of drug-likeness (QED) is 0.681. The number of hydrogen-bond acceptors (Lipinski definition) is 5. The summed E-state index contributed by atoms with van der Waals surface area (Å²) in [4.78, 5) is 14.7. The zero-order valence-corrected chi connectivity index (χ0v) is 16.0. The van der Waals surface area contributed by atoms with Crippen LogP contribution < -0.4 is 4.18 Å². The first-order valence-corrected chi connectivity index (χ1v) is 10.7. The van der Waals surface area contributed by atoms with Crippen molar-refractivity contribution in [2.75, 3.05) is 19.4 Å². The maximum atomic E-state index is 13.0. The smallest absolute Gasteiger partial charge is 0.306 e. The van der Waals surface area contributed by atoms with Crippen molar-refractivity contribution in [3.63, 3.8) is 0 Å². The fourth-order valence-electron chi connectivity index (χ4n) is 3.06. The van der Waals surface area contributed by atoms with Crippen LogP contribution in [-0.2, 0) is 21.4 Å². The van der Waals surface area contributed by atoms with Gasteiger partial charge in [-0.2, -0.15) is 8.42 Å². The van der Waals surface area contributed by atoms with Crippen LogP contribution in [0.2, 0.25) is 0 Å². The van der Waals surface area contributed by atoms with Gasteiger partial charge in [0.15, 0.2) is 0 Å². The van der Waals surface area contributed by atoms with Crippen molar-refractivity contribution in [2.45, 2.75) is 25.5 Å². The number of carbonyl (C=O) groups excluding carboxylic acids is 1. The SMILES string of the molecule is CS(=O)(=O)Oc1ccc(CN(C[C@@H]2CCCO2)C(=O)c2ccccc2)cc1. The minimum atomic E-state index is -3.56. The lowest BCUT2D eigenvalue weighted by molar-refractivity contribution is 0.0507. The molecule has 3 rings (SSSR count).